The fraction of sp³-hybridized carbons (Fsp3) is 0.556. The van der Waals surface area contributed by atoms with Gasteiger partial charge >= 0.3 is 6.61 Å². The van der Waals surface area contributed by atoms with Crippen LogP contribution in [0, 0.1) is 0 Å². The number of sulfone groups is 1. The molecule has 7 nitrogen and oxygen atoms in total. The van der Waals surface area contributed by atoms with E-state index < -0.39 is 16.4 Å². The van der Waals surface area contributed by atoms with Gasteiger partial charge in [-0.25, -0.2) is 8.42 Å². The van der Waals surface area contributed by atoms with Gasteiger partial charge in [-0.1, -0.05) is 30.6 Å². The van der Waals surface area contributed by atoms with Crippen molar-refractivity contribution in [3.8, 4) is 17.1 Å². The molecule has 0 N–H and O–H groups in total. The number of hydrogen-bond donors (Lipinski definition) is 0. The molecule has 10 heteroatoms. The van der Waals surface area contributed by atoms with Gasteiger partial charge in [-0.05, 0) is 31.5 Å². The van der Waals surface area contributed by atoms with Crippen LogP contribution >= 0.6 is 0 Å². The summed E-state index contributed by atoms with van der Waals surface area (Å²) >= 11 is 0. The van der Waals surface area contributed by atoms with E-state index in [1.54, 1.807) is 18.2 Å². The second kappa shape index (κ2) is 8.95. The fourth-order valence-corrected chi connectivity index (χ4v) is 5.03. The molecule has 1 saturated heterocycles. The Morgan fingerprint density at radius 3 is 2.82 bits per heavy atom. The average molecular weight is 415 g/mol. The summed E-state index contributed by atoms with van der Waals surface area (Å²) < 4.78 is 58.7. The summed E-state index contributed by atoms with van der Waals surface area (Å²) in [5, 5.41) is 3.89. The van der Waals surface area contributed by atoms with Crippen molar-refractivity contribution in [3.63, 3.8) is 0 Å². The van der Waals surface area contributed by atoms with E-state index in [4.69, 9.17) is 4.52 Å². The van der Waals surface area contributed by atoms with Crippen LogP contribution in [0.4, 0.5) is 8.78 Å². The molecular weight excluding hydrogens is 392 g/mol. The first-order valence-corrected chi connectivity index (χ1v) is 11.0. The molecule has 28 heavy (non-hydrogen) atoms. The largest absolute Gasteiger partial charge is 0.434 e. The monoisotopic (exact) mass is 415 g/mol. The highest BCUT2D eigenvalue weighted by atomic mass is 32.2. The second-order valence-corrected chi connectivity index (χ2v) is 9.00. The number of aromatic nitrogens is 2. The van der Waals surface area contributed by atoms with Gasteiger partial charge in [0.15, 0.2) is 9.84 Å². The third kappa shape index (κ3) is 5.26. The summed E-state index contributed by atoms with van der Waals surface area (Å²) in [5.74, 6) is 0.744. The molecule has 2 heterocycles. The molecule has 0 saturated carbocycles. The van der Waals surface area contributed by atoms with E-state index in [0.29, 0.717) is 24.4 Å². The number of alkyl halides is 2. The molecule has 1 aliphatic heterocycles. The molecule has 1 aliphatic rings. The van der Waals surface area contributed by atoms with E-state index in [1.165, 1.54) is 6.07 Å². The highest BCUT2D eigenvalue weighted by Crippen LogP contribution is 2.29. The van der Waals surface area contributed by atoms with Gasteiger partial charge in [0.1, 0.15) is 5.75 Å². The van der Waals surface area contributed by atoms with Crippen molar-refractivity contribution in [2.75, 3.05) is 18.1 Å². The van der Waals surface area contributed by atoms with Crippen molar-refractivity contribution in [2.45, 2.75) is 45.4 Å². The van der Waals surface area contributed by atoms with Crippen molar-refractivity contribution in [2.24, 2.45) is 0 Å². The Labute approximate surface area is 162 Å². The molecule has 0 bridgehead atoms. The highest BCUT2D eigenvalue weighted by molar-refractivity contribution is 7.91. The fourth-order valence-electron chi connectivity index (χ4n) is 3.27. The van der Waals surface area contributed by atoms with E-state index in [2.05, 4.69) is 21.8 Å². The van der Waals surface area contributed by atoms with E-state index in [1.807, 2.05) is 4.90 Å². The van der Waals surface area contributed by atoms with Gasteiger partial charge in [-0.3, -0.25) is 4.90 Å². The molecule has 1 aromatic carbocycles. The van der Waals surface area contributed by atoms with Gasteiger partial charge in [0, 0.05) is 6.04 Å². The maximum atomic E-state index is 12.6. The number of hydrogen-bond acceptors (Lipinski definition) is 7. The normalized spacial score (nSPS) is 18.8. The average Bonchev–Trinajstić information content (AvgIpc) is 3.24. The summed E-state index contributed by atoms with van der Waals surface area (Å²) in [6.45, 7) is 0.139. The number of benzene rings is 1. The predicted molar refractivity (Wildman–Crippen MR) is 98.7 cm³/mol. The molecule has 0 radical (unpaired) electrons. The Bertz CT molecular complexity index is 888. The molecule has 0 spiro atoms. The maximum absolute atomic E-state index is 12.6. The number of unbranched alkanes of at least 4 members (excludes halogenated alkanes) is 1. The lowest BCUT2D eigenvalue weighted by Crippen LogP contribution is -2.36. The van der Waals surface area contributed by atoms with Gasteiger partial charge in [0.05, 0.1) is 23.6 Å². The molecule has 1 atom stereocenters. The summed E-state index contributed by atoms with van der Waals surface area (Å²) in [7, 11) is -3.01. The van der Waals surface area contributed by atoms with Gasteiger partial charge in [-0.2, -0.15) is 13.8 Å². The zero-order valence-electron chi connectivity index (χ0n) is 15.6. The Balaban J connectivity index is 1.77. The highest BCUT2D eigenvalue weighted by Gasteiger charge is 2.32. The quantitative estimate of drug-likeness (QED) is 0.622. The van der Waals surface area contributed by atoms with Crippen LogP contribution in [0.1, 0.15) is 32.1 Å². The summed E-state index contributed by atoms with van der Waals surface area (Å²) in [6, 6.07) is 6.15. The van der Waals surface area contributed by atoms with Crippen molar-refractivity contribution in [1.29, 1.82) is 0 Å². The lowest BCUT2D eigenvalue weighted by Gasteiger charge is -2.26. The van der Waals surface area contributed by atoms with Crippen LogP contribution in [0.5, 0.6) is 5.75 Å². The molecule has 1 aromatic heterocycles. The zero-order valence-corrected chi connectivity index (χ0v) is 16.4. The number of ether oxygens (including phenoxy) is 1. The molecule has 0 amide bonds. The van der Waals surface area contributed by atoms with Crippen LogP contribution < -0.4 is 4.74 Å². The van der Waals surface area contributed by atoms with Gasteiger partial charge < -0.3 is 9.26 Å². The summed E-state index contributed by atoms with van der Waals surface area (Å²) in [6.07, 6.45) is 2.48. The predicted octanol–water partition coefficient (Wildman–Crippen LogP) is 3.13. The molecule has 1 unspecified atom stereocenters. The lowest BCUT2D eigenvalue weighted by molar-refractivity contribution is -0.0494. The molecule has 2 aromatic rings. The Morgan fingerprint density at radius 2 is 2.14 bits per heavy atom. The Hall–Kier alpha value is -2.07. The number of rotatable bonds is 9. The van der Waals surface area contributed by atoms with Crippen LogP contribution in [-0.2, 0) is 16.4 Å². The van der Waals surface area contributed by atoms with Gasteiger partial charge in [-0.15, -0.1) is 0 Å². The van der Waals surface area contributed by atoms with Crippen molar-refractivity contribution in [3.05, 3.63) is 30.2 Å². The zero-order chi connectivity index (χ0) is 20.1. The number of halogens is 2. The smallest absolute Gasteiger partial charge is 0.387 e. The Kier molecular flexibility index (Phi) is 6.61. The second-order valence-electron chi connectivity index (χ2n) is 6.77. The first kappa shape index (κ1) is 20.7. The molecule has 0 aliphatic carbocycles. The van der Waals surface area contributed by atoms with Crippen LogP contribution in [-0.4, -0.2) is 54.2 Å². The van der Waals surface area contributed by atoms with E-state index in [-0.39, 0.29) is 29.1 Å². The van der Waals surface area contributed by atoms with Crippen LogP contribution in [0.25, 0.3) is 11.4 Å². The van der Waals surface area contributed by atoms with Crippen LogP contribution in [0.3, 0.4) is 0 Å². The van der Waals surface area contributed by atoms with Crippen LogP contribution in [0.15, 0.2) is 28.8 Å². The van der Waals surface area contributed by atoms with Crippen molar-refractivity contribution < 1.29 is 26.5 Å². The molecular formula is C18H23F2N3O4S. The molecule has 1 fully saturated rings. The SMILES string of the molecule is CCCCN(Cc1nc(-c2ccccc2OC(F)F)no1)C1CCS(=O)(=O)C1. The van der Waals surface area contributed by atoms with E-state index >= 15 is 0 Å². The third-order valence-electron chi connectivity index (χ3n) is 4.67. The minimum Gasteiger partial charge on any atom is -0.434 e. The topological polar surface area (TPSA) is 85.5 Å². The summed E-state index contributed by atoms with van der Waals surface area (Å²) in [4.78, 5) is 6.36. The molecule has 3 rings (SSSR count). The first-order valence-electron chi connectivity index (χ1n) is 9.19. The third-order valence-corrected chi connectivity index (χ3v) is 6.42. The summed E-state index contributed by atoms with van der Waals surface area (Å²) in [5.41, 5.74) is 0.307. The van der Waals surface area contributed by atoms with E-state index in [9.17, 15) is 17.2 Å². The van der Waals surface area contributed by atoms with Crippen molar-refractivity contribution >= 4 is 9.84 Å². The van der Waals surface area contributed by atoms with Crippen molar-refractivity contribution in [1.82, 2.24) is 15.0 Å². The minimum absolute atomic E-state index is 0.0328. The molecule has 154 valence electrons. The van der Waals surface area contributed by atoms with E-state index in [0.717, 1.165) is 19.4 Å². The number of para-hydroxylation sites is 1. The van der Waals surface area contributed by atoms with Gasteiger partial charge in [0.2, 0.25) is 11.7 Å². The lowest BCUT2D eigenvalue weighted by atomic mass is 10.2. The first-order chi connectivity index (χ1) is 13.4. The number of nitrogens with zero attached hydrogens (tertiary/aromatic N) is 3. The van der Waals surface area contributed by atoms with Gasteiger partial charge in [0.25, 0.3) is 0 Å². The maximum Gasteiger partial charge on any atom is 0.387 e. The van der Waals surface area contributed by atoms with Crippen LogP contribution in [0.2, 0.25) is 0 Å². The Morgan fingerprint density at radius 1 is 1.36 bits per heavy atom. The standard InChI is InChI=1S/C18H23F2N3O4S/c1-2-3-9-23(13-8-10-28(24,25)12-13)11-16-21-17(22-27-16)14-6-4-5-7-15(14)26-18(19)20/h4-7,13,18H,2-3,8-12H2,1H3. The minimum atomic E-state index is -3.01.